The van der Waals surface area contributed by atoms with Gasteiger partial charge in [0.1, 0.15) is 5.75 Å². The van der Waals surface area contributed by atoms with Crippen molar-refractivity contribution in [2.24, 2.45) is 0 Å². The number of hydrogen-bond donors (Lipinski definition) is 1. The highest BCUT2D eigenvalue weighted by Crippen LogP contribution is 2.18. The van der Waals surface area contributed by atoms with Gasteiger partial charge in [-0.2, -0.15) is 0 Å². The molecule has 146 valence electrons. The van der Waals surface area contributed by atoms with E-state index in [1.807, 2.05) is 0 Å². The van der Waals surface area contributed by atoms with E-state index in [9.17, 15) is 18.0 Å². The van der Waals surface area contributed by atoms with E-state index in [1.54, 1.807) is 36.4 Å². The minimum absolute atomic E-state index is 0.253. The van der Waals surface area contributed by atoms with Gasteiger partial charge in [-0.3, -0.25) is 4.79 Å². The van der Waals surface area contributed by atoms with Gasteiger partial charge >= 0.3 is 5.97 Å². The summed E-state index contributed by atoms with van der Waals surface area (Å²) in [6.45, 7) is -0.470. The van der Waals surface area contributed by atoms with Gasteiger partial charge in [0.15, 0.2) is 13.2 Å². The molecule has 0 spiro atoms. The summed E-state index contributed by atoms with van der Waals surface area (Å²) in [4.78, 5) is 25.1. The van der Waals surface area contributed by atoms with Crippen LogP contribution in [0.2, 0.25) is 5.02 Å². The summed E-state index contributed by atoms with van der Waals surface area (Å²) in [7, 11) is -3.24. The Kier molecular flexibility index (Phi) is 7.78. The molecule has 1 aromatic carbocycles. The van der Waals surface area contributed by atoms with Gasteiger partial charge < -0.3 is 9.47 Å². The SMILES string of the molecule is CS(=O)(=O)NCCc1ccc(C(=O)COC(=O)COc2cccc(Cl)c2)s1. The molecular weight excluding hydrogens is 414 g/mol. The quantitative estimate of drug-likeness (QED) is 0.457. The maximum Gasteiger partial charge on any atom is 0.344 e. The lowest BCUT2D eigenvalue weighted by molar-refractivity contribution is -0.144. The molecule has 1 heterocycles. The first-order valence-corrected chi connectivity index (χ1v) is 10.9. The van der Waals surface area contributed by atoms with E-state index >= 15 is 0 Å². The number of ether oxygens (including phenoxy) is 2. The van der Waals surface area contributed by atoms with Gasteiger partial charge in [-0.15, -0.1) is 11.3 Å². The Morgan fingerprint density at radius 1 is 1.19 bits per heavy atom. The van der Waals surface area contributed by atoms with Gasteiger partial charge in [0, 0.05) is 16.4 Å². The van der Waals surface area contributed by atoms with E-state index in [1.165, 1.54) is 11.3 Å². The van der Waals surface area contributed by atoms with Gasteiger partial charge in [-0.1, -0.05) is 17.7 Å². The summed E-state index contributed by atoms with van der Waals surface area (Å²) in [5, 5.41) is 0.483. The van der Waals surface area contributed by atoms with Crippen molar-refractivity contribution in [3.05, 3.63) is 51.2 Å². The summed E-state index contributed by atoms with van der Waals surface area (Å²) in [5.41, 5.74) is 0. The third-order valence-electron chi connectivity index (χ3n) is 3.19. The number of esters is 1. The number of sulfonamides is 1. The Morgan fingerprint density at radius 2 is 1.96 bits per heavy atom. The fourth-order valence-corrected chi connectivity index (χ4v) is 3.56. The number of hydrogen-bond acceptors (Lipinski definition) is 7. The Hall–Kier alpha value is -1.94. The van der Waals surface area contributed by atoms with Gasteiger partial charge in [-0.25, -0.2) is 17.9 Å². The standard InChI is InChI=1S/C17H18ClNO6S2/c1-27(22,23)19-8-7-14-5-6-16(26-14)15(20)10-25-17(21)11-24-13-4-2-3-12(18)9-13/h2-6,9,19H,7-8,10-11H2,1H3. The number of carbonyl (C=O) groups excluding carboxylic acids is 2. The lowest BCUT2D eigenvalue weighted by Crippen LogP contribution is -2.24. The number of rotatable bonds is 10. The Bertz CT molecular complexity index is 910. The molecule has 10 heteroatoms. The average Bonchev–Trinajstić information content (AvgIpc) is 3.06. The molecule has 0 unspecified atom stereocenters. The predicted molar refractivity (Wildman–Crippen MR) is 103 cm³/mol. The van der Waals surface area contributed by atoms with Crippen molar-refractivity contribution < 1.29 is 27.5 Å². The second-order valence-corrected chi connectivity index (χ2v) is 8.95. The van der Waals surface area contributed by atoms with E-state index in [4.69, 9.17) is 21.1 Å². The van der Waals surface area contributed by atoms with Crippen molar-refractivity contribution in [1.82, 2.24) is 4.72 Å². The molecule has 0 saturated heterocycles. The van der Waals surface area contributed by atoms with Crippen molar-refractivity contribution >= 4 is 44.7 Å². The molecule has 0 aliphatic carbocycles. The summed E-state index contributed by atoms with van der Waals surface area (Å²) < 4.78 is 34.6. The largest absolute Gasteiger partial charge is 0.482 e. The normalized spacial score (nSPS) is 11.2. The first-order chi connectivity index (χ1) is 12.7. The third kappa shape index (κ3) is 8.08. The van der Waals surface area contributed by atoms with Crippen molar-refractivity contribution in [2.75, 3.05) is 26.0 Å². The highest BCUT2D eigenvalue weighted by atomic mass is 35.5. The van der Waals surface area contributed by atoms with Crippen molar-refractivity contribution in [1.29, 1.82) is 0 Å². The Labute approximate surface area is 166 Å². The van der Waals surface area contributed by atoms with Crippen LogP contribution in [0.15, 0.2) is 36.4 Å². The molecule has 7 nitrogen and oxygen atoms in total. The molecule has 2 aromatic rings. The van der Waals surface area contributed by atoms with Crippen molar-refractivity contribution in [3.8, 4) is 5.75 Å². The zero-order chi connectivity index (χ0) is 19.9. The van der Waals surface area contributed by atoms with Crippen LogP contribution in [-0.2, 0) is 26.0 Å². The van der Waals surface area contributed by atoms with Crippen LogP contribution in [0, 0.1) is 0 Å². The minimum Gasteiger partial charge on any atom is -0.482 e. The molecular formula is C17H18ClNO6S2. The molecule has 0 fully saturated rings. The lowest BCUT2D eigenvalue weighted by Gasteiger charge is -2.06. The van der Waals surface area contributed by atoms with Gasteiger partial charge in [-0.05, 0) is 36.8 Å². The van der Waals surface area contributed by atoms with Gasteiger partial charge in [0.2, 0.25) is 15.8 Å². The predicted octanol–water partition coefficient (Wildman–Crippen LogP) is 2.30. The van der Waals surface area contributed by atoms with E-state index < -0.39 is 16.0 Å². The minimum atomic E-state index is -3.24. The Morgan fingerprint density at radius 3 is 2.67 bits per heavy atom. The fourth-order valence-electron chi connectivity index (χ4n) is 1.98. The summed E-state index contributed by atoms with van der Waals surface area (Å²) in [6, 6.07) is 9.94. The van der Waals surface area contributed by atoms with Crippen LogP contribution in [0.5, 0.6) is 5.75 Å². The molecule has 0 saturated carbocycles. The number of thiophene rings is 1. The molecule has 1 aromatic heterocycles. The second-order valence-electron chi connectivity index (χ2n) is 5.51. The zero-order valence-electron chi connectivity index (χ0n) is 14.4. The van der Waals surface area contributed by atoms with Crippen LogP contribution in [-0.4, -0.2) is 46.2 Å². The highest BCUT2D eigenvalue weighted by Gasteiger charge is 2.13. The molecule has 0 aliphatic rings. The smallest absolute Gasteiger partial charge is 0.344 e. The molecule has 0 aliphatic heterocycles. The van der Waals surface area contributed by atoms with Crippen LogP contribution in [0.25, 0.3) is 0 Å². The molecule has 0 amide bonds. The molecule has 0 atom stereocenters. The molecule has 0 radical (unpaired) electrons. The maximum atomic E-state index is 12.1. The summed E-state index contributed by atoms with van der Waals surface area (Å²) in [5.74, 6) is -0.577. The van der Waals surface area contributed by atoms with Gasteiger partial charge in [0.25, 0.3) is 0 Å². The van der Waals surface area contributed by atoms with Crippen LogP contribution in [0.1, 0.15) is 14.5 Å². The maximum absolute atomic E-state index is 12.1. The van der Waals surface area contributed by atoms with Gasteiger partial charge in [0.05, 0.1) is 11.1 Å². The topological polar surface area (TPSA) is 98.8 Å². The van der Waals surface area contributed by atoms with Crippen LogP contribution in [0.4, 0.5) is 0 Å². The average molecular weight is 432 g/mol. The number of carbonyl (C=O) groups is 2. The Balaban J connectivity index is 1.74. The number of ketones is 1. The molecule has 0 bridgehead atoms. The van der Waals surface area contributed by atoms with Crippen LogP contribution in [0.3, 0.4) is 0 Å². The summed E-state index contributed by atoms with van der Waals surface area (Å²) >= 11 is 7.05. The lowest BCUT2D eigenvalue weighted by atomic mass is 10.3. The van der Waals surface area contributed by atoms with Crippen molar-refractivity contribution in [2.45, 2.75) is 6.42 Å². The number of Topliss-reactive ketones (excluding diaryl/α,β-unsaturated/α-hetero) is 1. The monoisotopic (exact) mass is 431 g/mol. The summed E-state index contributed by atoms with van der Waals surface area (Å²) in [6.07, 6.45) is 1.55. The second kappa shape index (κ2) is 9.84. The van der Waals surface area contributed by atoms with Crippen LogP contribution < -0.4 is 9.46 Å². The molecule has 2 rings (SSSR count). The number of benzene rings is 1. The zero-order valence-corrected chi connectivity index (χ0v) is 16.8. The van der Waals surface area contributed by atoms with Crippen molar-refractivity contribution in [3.63, 3.8) is 0 Å². The van der Waals surface area contributed by atoms with E-state index in [2.05, 4.69) is 4.72 Å². The van der Waals surface area contributed by atoms with E-state index in [0.717, 1.165) is 11.1 Å². The molecule has 1 N–H and O–H groups in total. The molecule has 27 heavy (non-hydrogen) atoms. The van der Waals surface area contributed by atoms with Crippen LogP contribution >= 0.6 is 22.9 Å². The van der Waals surface area contributed by atoms with E-state index in [0.29, 0.717) is 22.1 Å². The van der Waals surface area contributed by atoms with E-state index in [-0.39, 0.29) is 25.5 Å². The first-order valence-electron chi connectivity index (χ1n) is 7.83. The highest BCUT2D eigenvalue weighted by molar-refractivity contribution is 7.88. The third-order valence-corrected chi connectivity index (χ3v) is 5.34. The number of halogens is 1. The number of nitrogens with one attached hydrogen (secondary N) is 1. The fraction of sp³-hybridized carbons (Fsp3) is 0.294. The first kappa shape index (κ1) is 21.4.